The van der Waals surface area contributed by atoms with Gasteiger partial charge in [0, 0.05) is 22.4 Å². The Morgan fingerprint density at radius 1 is 1.06 bits per heavy atom. The van der Waals surface area contributed by atoms with Crippen molar-refractivity contribution in [2.45, 2.75) is 16.4 Å². The Bertz CT molecular complexity index is 1400. The number of rotatable bonds is 6. The fourth-order valence-electron chi connectivity index (χ4n) is 5.44. The standard InChI is InChI=1S/C29H24N2O4S/c1-34-22-11-8-10-21(17-22)25-28(27(33)35-2,19-36-23-12-4-3-5-13-23)26(32)31-16-15-20-9-6-7-14-24(20)29(25,31)18-30/h3-17,25H,19H2,1-2H3/t25-,28-,29+/m1/s1. The number of amides is 1. The molecule has 7 heteroatoms. The van der Waals surface area contributed by atoms with Crippen LogP contribution in [0.15, 0.2) is 90.0 Å². The van der Waals surface area contributed by atoms with E-state index >= 15 is 0 Å². The topological polar surface area (TPSA) is 79.6 Å². The fraction of sp³-hybridized carbons (Fsp3) is 0.207. The normalized spacial score (nSPS) is 24.0. The molecule has 0 aliphatic carbocycles. The van der Waals surface area contributed by atoms with Crippen LogP contribution >= 0.6 is 11.8 Å². The van der Waals surface area contributed by atoms with Crippen molar-refractivity contribution < 1.29 is 19.1 Å². The number of hydrogen-bond acceptors (Lipinski definition) is 6. The zero-order chi connectivity index (χ0) is 25.3. The number of carbonyl (C=O) groups excluding carboxylic acids is 2. The van der Waals surface area contributed by atoms with Gasteiger partial charge in [-0.3, -0.25) is 14.5 Å². The third kappa shape index (κ3) is 3.33. The maximum atomic E-state index is 14.4. The van der Waals surface area contributed by atoms with E-state index in [0.29, 0.717) is 16.9 Å². The van der Waals surface area contributed by atoms with Crippen molar-refractivity contribution in [3.63, 3.8) is 0 Å². The van der Waals surface area contributed by atoms with Crippen molar-refractivity contribution in [3.05, 3.63) is 102 Å². The highest BCUT2D eigenvalue weighted by atomic mass is 32.2. The third-order valence-electron chi connectivity index (χ3n) is 7.02. The first-order valence-electron chi connectivity index (χ1n) is 11.5. The summed E-state index contributed by atoms with van der Waals surface area (Å²) in [5.74, 6) is -1.33. The van der Waals surface area contributed by atoms with E-state index in [9.17, 15) is 14.9 Å². The Balaban J connectivity index is 1.80. The van der Waals surface area contributed by atoms with Crippen LogP contribution in [0, 0.1) is 16.7 Å². The molecule has 2 aliphatic rings. The SMILES string of the molecule is COC(=O)[C@@]1(CSc2ccccc2)C(=O)N2C=Cc3ccccc3[C@@]2(C#N)[C@@H]1c1cccc(OC)c1. The fourth-order valence-corrected chi connectivity index (χ4v) is 6.59. The molecule has 0 spiro atoms. The average molecular weight is 497 g/mol. The van der Waals surface area contributed by atoms with Crippen molar-refractivity contribution in [1.29, 1.82) is 5.26 Å². The number of thioether (sulfide) groups is 1. The van der Waals surface area contributed by atoms with Gasteiger partial charge in [-0.05, 0) is 41.5 Å². The lowest BCUT2D eigenvalue weighted by molar-refractivity contribution is -0.157. The molecular formula is C29H24N2O4S. The lowest BCUT2D eigenvalue weighted by atomic mass is 9.64. The first kappa shape index (κ1) is 23.7. The molecule has 2 aliphatic heterocycles. The molecule has 1 fully saturated rings. The van der Waals surface area contributed by atoms with Crippen LogP contribution < -0.4 is 4.74 Å². The highest BCUT2D eigenvalue weighted by Gasteiger charge is 2.72. The van der Waals surface area contributed by atoms with Gasteiger partial charge in [-0.25, -0.2) is 0 Å². The van der Waals surface area contributed by atoms with E-state index in [1.165, 1.54) is 23.8 Å². The average Bonchev–Trinajstić information content (AvgIpc) is 3.17. The number of nitriles is 1. The van der Waals surface area contributed by atoms with Crippen molar-refractivity contribution in [1.82, 2.24) is 4.90 Å². The maximum absolute atomic E-state index is 14.4. The first-order valence-corrected chi connectivity index (χ1v) is 12.4. The van der Waals surface area contributed by atoms with Gasteiger partial charge in [0.05, 0.1) is 26.2 Å². The number of carbonyl (C=O) groups is 2. The van der Waals surface area contributed by atoms with Gasteiger partial charge in [0.25, 0.3) is 0 Å². The third-order valence-corrected chi connectivity index (χ3v) is 8.23. The monoisotopic (exact) mass is 496 g/mol. The lowest BCUT2D eigenvalue weighted by Crippen LogP contribution is -2.46. The molecule has 0 radical (unpaired) electrons. The van der Waals surface area contributed by atoms with E-state index in [1.54, 1.807) is 25.4 Å². The van der Waals surface area contributed by atoms with Crippen molar-refractivity contribution in [2.75, 3.05) is 20.0 Å². The van der Waals surface area contributed by atoms with Crippen LogP contribution in [0.4, 0.5) is 0 Å². The number of esters is 1. The maximum Gasteiger partial charge on any atom is 0.323 e. The summed E-state index contributed by atoms with van der Waals surface area (Å²) in [6.07, 6.45) is 3.43. The molecule has 2 heterocycles. The number of hydrogen-bond donors (Lipinski definition) is 0. The first-order chi connectivity index (χ1) is 17.5. The molecule has 5 rings (SSSR count). The van der Waals surface area contributed by atoms with Gasteiger partial charge in [0.1, 0.15) is 5.75 Å². The quantitative estimate of drug-likeness (QED) is 0.272. The smallest absolute Gasteiger partial charge is 0.323 e. The molecule has 1 saturated heterocycles. The summed E-state index contributed by atoms with van der Waals surface area (Å²) in [5.41, 5.74) is -0.978. The number of nitrogens with zero attached hydrogens (tertiary/aromatic N) is 2. The molecule has 0 N–H and O–H groups in total. The Kier molecular flexibility index (Phi) is 6.07. The van der Waals surface area contributed by atoms with Crippen LogP contribution in [-0.2, 0) is 19.9 Å². The van der Waals surface area contributed by atoms with E-state index in [2.05, 4.69) is 6.07 Å². The van der Waals surface area contributed by atoms with Gasteiger partial charge < -0.3 is 9.47 Å². The second-order valence-electron chi connectivity index (χ2n) is 8.73. The predicted octanol–water partition coefficient (Wildman–Crippen LogP) is 4.98. The van der Waals surface area contributed by atoms with E-state index in [-0.39, 0.29) is 5.75 Å². The number of methoxy groups -OCH3 is 2. The Morgan fingerprint density at radius 3 is 2.53 bits per heavy atom. The Morgan fingerprint density at radius 2 is 1.81 bits per heavy atom. The number of benzene rings is 3. The summed E-state index contributed by atoms with van der Waals surface area (Å²) in [6.45, 7) is 0. The largest absolute Gasteiger partial charge is 0.497 e. The van der Waals surface area contributed by atoms with E-state index in [0.717, 1.165) is 10.5 Å². The van der Waals surface area contributed by atoms with Crippen LogP contribution in [-0.4, -0.2) is 36.7 Å². The second-order valence-corrected chi connectivity index (χ2v) is 9.78. The minimum absolute atomic E-state index is 0.0976. The zero-order valence-corrected chi connectivity index (χ0v) is 20.7. The summed E-state index contributed by atoms with van der Waals surface area (Å²) in [7, 11) is 2.84. The molecule has 0 unspecified atom stereocenters. The molecule has 180 valence electrons. The van der Waals surface area contributed by atoms with Gasteiger partial charge in [0.15, 0.2) is 11.0 Å². The summed E-state index contributed by atoms with van der Waals surface area (Å²) in [6, 6.07) is 26.8. The van der Waals surface area contributed by atoms with Crippen LogP contribution in [0.3, 0.4) is 0 Å². The van der Waals surface area contributed by atoms with Crippen LogP contribution in [0.5, 0.6) is 5.75 Å². The molecule has 3 aromatic rings. The minimum atomic E-state index is -1.67. The highest BCUT2D eigenvalue weighted by molar-refractivity contribution is 7.99. The van der Waals surface area contributed by atoms with Crippen LogP contribution in [0.1, 0.15) is 22.6 Å². The minimum Gasteiger partial charge on any atom is -0.497 e. The molecule has 3 atom stereocenters. The summed E-state index contributed by atoms with van der Waals surface area (Å²) < 4.78 is 10.8. The number of ether oxygens (including phenoxy) is 2. The van der Waals surface area contributed by atoms with Crippen molar-refractivity contribution in [2.24, 2.45) is 5.41 Å². The van der Waals surface area contributed by atoms with Gasteiger partial charge in [-0.1, -0.05) is 54.6 Å². The van der Waals surface area contributed by atoms with E-state index in [1.807, 2.05) is 72.8 Å². The van der Waals surface area contributed by atoms with Gasteiger partial charge in [-0.2, -0.15) is 5.26 Å². The van der Waals surface area contributed by atoms with Crippen LogP contribution in [0.25, 0.3) is 6.08 Å². The molecule has 0 aromatic heterocycles. The van der Waals surface area contributed by atoms with E-state index in [4.69, 9.17) is 9.47 Å². The Labute approximate surface area is 214 Å². The second kappa shape index (κ2) is 9.21. The van der Waals surface area contributed by atoms with Crippen LogP contribution in [0.2, 0.25) is 0 Å². The Hall–Kier alpha value is -4.02. The van der Waals surface area contributed by atoms with E-state index < -0.39 is 28.7 Å². The van der Waals surface area contributed by atoms with Crippen molar-refractivity contribution >= 4 is 29.7 Å². The van der Waals surface area contributed by atoms with Gasteiger partial charge in [0.2, 0.25) is 5.91 Å². The van der Waals surface area contributed by atoms with Crippen molar-refractivity contribution in [3.8, 4) is 11.8 Å². The lowest BCUT2D eigenvalue weighted by Gasteiger charge is -2.40. The molecule has 0 saturated carbocycles. The zero-order valence-electron chi connectivity index (χ0n) is 19.9. The molecule has 6 nitrogen and oxygen atoms in total. The molecular weight excluding hydrogens is 472 g/mol. The van der Waals surface area contributed by atoms with Gasteiger partial charge in [-0.15, -0.1) is 11.8 Å². The summed E-state index contributed by atoms with van der Waals surface area (Å²) in [5, 5.41) is 10.9. The van der Waals surface area contributed by atoms with Gasteiger partial charge >= 0.3 is 5.97 Å². The molecule has 36 heavy (non-hydrogen) atoms. The predicted molar refractivity (Wildman–Crippen MR) is 137 cm³/mol. The molecule has 3 aromatic carbocycles. The summed E-state index contributed by atoms with van der Waals surface area (Å²) in [4.78, 5) is 30.5. The number of fused-ring (bicyclic) bond motifs is 3. The summed E-state index contributed by atoms with van der Waals surface area (Å²) >= 11 is 1.40. The molecule has 0 bridgehead atoms. The highest BCUT2D eigenvalue weighted by Crippen LogP contribution is 2.62. The molecule has 1 amide bonds.